The number of fused-ring (bicyclic) bond motifs is 1. The van der Waals surface area contributed by atoms with E-state index in [1.54, 1.807) is 6.07 Å². The molecule has 1 aliphatic rings. The van der Waals surface area contributed by atoms with Gasteiger partial charge in [-0.05, 0) is 35.9 Å². The van der Waals surface area contributed by atoms with E-state index in [1.165, 1.54) is 11.3 Å². The first-order valence-electron chi connectivity index (χ1n) is 8.54. The predicted octanol–water partition coefficient (Wildman–Crippen LogP) is 3.03. The van der Waals surface area contributed by atoms with Gasteiger partial charge in [-0.1, -0.05) is 23.7 Å². The zero-order valence-electron chi connectivity index (χ0n) is 14.2. The van der Waals surface area contributed by atoms with Crippen LogP contribution in [0.25, 0.3) is 10.8 Å². The maximum Gasteiger partial charge on any atom is 0.272 e. The van der Waals surface area contributed by atoms with Crippen LogP contribution in [0.1, 0.15) is 5.56 Å². The maximum atomic E-state index is 11.8. The third-order valence-electron chi connectivity index (χ3n) is 4.53. The number of hydrogen-bond donors (Lipinski definition) is 2. The molecule has 1 aromatic heterocycles. The molecule has 1 saturated heterocycles. The summed E-state index contributed by atoms with van der Waals surface area (Å²) in [5.74, 6) is 0. The summed E-state index contributed by atoms with van der Waals surface area (Å²) in [6.45, 7) is 4.06. The van der Waals surface area contributed by atoms with Crippen molar-refractivity contribution < 1.29 is 4.74 Å². The average molecular weight is 371 g/mol. The van der Waals surface area contributed by atoms with E-state index in [2.05, 4.69) is 44.7 Å². The standard InChI is InChI=1S/C19H19ClN4O2/c20-18-17-11-14(4-5-16(17)19(25)23-22-18)21-12-13-2-1-3-15(10-13)24-6-8-26-9-7-24/h1-5,10-11,21H,6-9,12H2,(H,23,25). The van der Waals surface area contributed by atoms with Crippen LogP contribution in [0.2, 0.25) is 5.15 Å². The molecule has 3 aromatic rings. The lowest BCUT2D eigenvalue weighted by atomic mass is 10.1. The number of aromatic nitrogens is 2. The highest BCUT2D eigenvalue weighted by Crippen LogP contribution is 2.23. The number of morpholine rings is 1. The largest absolute Gasteiger partial charge is 0.381 e. The minimum atomic E-state index is -0.242. The van der Waals surface area contributed by atoms with Crippen molar-refractivity contribution in [1.29, 1.82) is 0 Å². The Morgan fingerprint density at radius 3 is 2.85 bits per heavy atom. The van der Waals surface area contributed by atoms with E-state index < -0.39 is 0 Å². The Hall–Kier alpha value is -2.57. The molecule has 7 heteroatoms. The maximum absolute atomic E-state index is 11.8. The van der Waals surface area contributed by atoms with Crippen LogP contribution in [0.3, 0.4) is 0 Å². The van der Waals surface area contributed by atoms with Crippen molar-refractivity contribution in [2.45, 2.75) is 6.54 Å². The molecule has 134 valence electrons. The van der Waals surface area contributed by atoms with Crippen molar-refractivity contribution >= 4 is 33.7 Å². The number of rotatable bonds is 4. The highest BCUT2D eigenvalue weighted by atomic mass is 35.5. The van der Waals surface area contributed by atoms with Crippen molar-refractivity contribution in [3.63, 3.8) is 0 Å². The van der Waals surface area contributed by atoms with Gasteiger partial charge in [0.15, 0.2) is 5.15 Å². The van der Waals surface area contributed by atoms with E-state index in [-0.39, 0.29) is 10.7 Å². The lowest BCUT2D eigenvalue weighted by Gasteiger charge is -2.29. The van der Waals surface area contributed by atoms with Crippen LogP contribution in [0.4, 0.5) is 11.4 Å². The van der Waals surface area contributed by atoms with E-state index in [0.717, 1.165) is 32.0 Å². The van der Waals surface area contributed by atoms with Crippen LogP contribution in [-0.4, -0.2) is 36.5 Å². The molecule has 1 fully saturated rings. The minimum absolute atomic E-state index is 0.242. The molecule has 0 spiro atoms. The first-order valence-corrected chi connectivity index (χ1v) is 8.92. The molecule has 0 saturated carbocycles. The van der Waals surface area contributed by atoms with Crippen molar-refractivity contribution in [3.05, 3.63) is 63.5 Å². The Kier molecular flexibility index (Phi) is 4.77. The third kappa shape index (κ3) is 3.52. The van der Waals surface area contributed by atoms with Gasteiger partial charge in [-0.2, -0.15) is 5.10 Å². The summed E-state index contributed by atoms with van der Waals surface area (Å²) >= 11 is 6.10. The summed E-state index contributed by atoms with van der Waals surface area (Å²) in [4.78, 5) is 14.1. The molecule has 6 nitrogen and oxygen atoms in total. The molecule has 0 aliphatic carbocycles. The predicted molar refractivity (Wildman–Crippen MR) is 104 cm³/mol. The van der Waals surface area contributed by atoms with Gasteiger partial charge in [0.05, 0.1) is 18.6 Å². The molecule has 4 rings (SSSR count). The number of aromatic amines is 1. The Morgan fingerprint density at radius 2 is 2.00 bits per heavy atom. The first kappa shape index (κ1) is 16.9. The lowest BCUT2D eigenvalue weighted by Crippen LogP contribution is -2.36. The highest BCUT2D eigenvalue weighted by Gasteiger charge is 2.11. The third-order valence-corrected chi connectivity index (χ3v) is 4.81. The quantitative estimate of drug-likeness (QED) is 0.738. The van der Waals surface area contributed by atoms with Crippen molar-refractivity contribution in [2.75, 3.05) is 36.5 Å². The van der Waals surface area contributed by atoms with E-state index in [0.29, 0.717) is 17.3 Å². The monoisotopic (exact) mass is 370 g/mol. The number of anilines is 2. The van der Waals surface area contributed by atoms with Gasteiger partial charge in [0, 0.05) is 36.4 Å². The van der Waals surface area contributed by atoms with Crippen LogP contribution in [-0.2, 0) is 11.3 Å². The molecule has 1 aliphatic heterocycles. The summed E-state index contributed by atoms with van der Waals surface area (Å²) in [6.07, 6.45) is 0. The van der Waals surface area contributed by atoms with E-state index >= 15 is 0 Å². The van der Waals surface area contributed by atoms with Crippen LogP contribution in [0, 0.1) is 0 Å². The van der Waals surface area contributed by atoms with Crippen LogP contribution in [0.15, 0.2) is 47.3 Å². The van der Waals surface area contributed by atoms with Gasteiger partial charge in [-0.15, -0.1) is 0 Å². The number of H-pyrrole nitrogens is 1. The highest BCUT2D eigenvalue weighted by molar-refractivity contribution is 6.34. The van der Waals surface area contributed by atoms with Gasteiger partial charge in [0.1, 0.15) is 0 Å². The lowest BCUT2D eigenvalue weighted by molar-refractivity contribution is 0.122. The van der Waals surface area contributed by atoms with E-state index in [4.69, 9.17) is 16.3 Å². The molecule has 0 amide bonds. The van der Waals surface area contributed by atoms with E-state index in [9.17, 15) is 4.79 Å². The van der Waals surface area contributed by atoms with Crippen molar-refractivity contribution in [3.8, 4) is 0 Å². The molecular weight excluding hydrogens is 352 g/mol. The number of nitrogens with zero attached hydrogens (tertiary/aromatic N) is 2. The summed E-state index contributed by atoms with van der Waals surface area (Å²) in [7, 11) is 0. The molecule has 2 aromatic carbocycles. The van der Waals surface area contributed by atoms with Gasteiger partial charge in [0.25, 0.3) is 5.56 Å². The van der Waals surface area contributed by atoms with Gasteiger partial charge >= 0.3 is 0 Å². The zero-order chi connectivity index (χ0) is 17.9. The van der Waals surface area contributed by atoms with Gasteiger partial charge < -0.3 is 15.0 Å². The van der Waals surface area contributed by atoms with Gasteiger partial charge in [-0.3, -0.25) is 4.79 Å². The number of ether oxygens (including phenoxy) is 1. The second-order valence-corrected chi connectivity index (χ2v) is 6.58. The number of hydrogen-bond acceptors (Lipinski definition) is 5. The Morgan fingerprint density at radius 1 is 1.15 bits per heavy atom. The molecule has 0 unspecified atom stereocenters. The summed E-state index contributed by atoms with van der Waals surface area (Å²) < 4.78 is 5.42. The number of nitrogens with one attached hydrogen (secondary N) is 2. The van der Waals surface area contributed by atoms with Gasteiger partial charge in [0.2, 0.25) is 0 Å². The van der Waals surface area contributed by atoms with Crippen molar-refractivity contribution in [1.82, 2.24) is 10.2 Å². The Bertz CT molecular complexity index is 983. The van der Waals surface area contributed by atoms with Crippen molar-refractivity contribution in [2.24, 2.45) is 0 Å². The SMILES string of the molecule is O=c1[nH]nc(Cl)c2cc(NCc3cccc(N4CCOCC4)c3)ccc12. The Labute approximate surface area is 155 Å². The molecule has 0 atom stereocenters. The molecule has 0 radical (unpaired) electrons. The zero-order valence-corrected chi connectivity index (χ0v) is 14.9. The average Bonchev–Trinajstić information content (AvgIpc) is 2.70. The second-order valence-electron chi connectivity index (χ2n) is 6.23. The molecule has 26 heavy (non-hydrogen) atoms. The summed E-state index contributed by atoms with van der Waals surface area (Å²) in [5, 5.41) is 11.1. The minimum Gasteiger partial charge on any atom is -0.381 e. The fourth-order valence-corrected chi connectivity index (χ4v) is 3.33. The first-order chi connectivity index (χ1) is 12.7. The number of halogens is 1. The number of benzene rings is 2. The topological polar surface area (TPSA) is 70.2 Å². The smallest absolute Gasteiger partial charge is 0.272 e. The fraction of sp³-hybridized carbons (Fsp3) is 0.263. The summed E-state index contributed by atoms with van der Waals surface area (Å²) in [5.41, 5.74) is 3.05. The normalized spacial score (nSPS) is 14.6. The second kappa shape index (κ2) is 7.35. The fourth-order valence-electron chi connectivity index (χ4n) is 3.13. The molecular formula is C19H19ClN4O2. The van der Waals surface area contributed by atoms with Gasteiger partial charge in [-0.25, -0.2) is 5.10 Å². The van der Waals surface area contributed by atoms with Crippen LogP contribution < -0.4 is 15.8 Å². The summed E-state index contributed by atoms with van der Waals surface area (Å²) in [6, 6.07) is 14.0. The van der Waals surface area contributed by atoms with E-state index in [1.807, 2.05) is 12.1 Å². The van der Waals surface area contributed by atoms with Crippen LogP contribution >= 0.6 is 11.6 Å². The Balaban J connectivity index is 1.51. The molecule has 2 N–H and O–H groups in total. The van der Waals surface area contributed by atoms with Crippen LogP contribution in [0.5, 0.6) is 0 Å². The molecule has 2 heterocycles. The molecule has 0 bridgehead atoms.